The van der Waals surface area contributed by atoms with Gasteiger partial charge in [0.2, 0.25) is 15.9 Å². The van der Waals surface area contributed by atoms with Gasteiger partial charge in [0.1, 0.15) is 18.3 Å². The van der Waals surface area contributed by atoms with Gasteiger partial charge < -0.3 is 20.5 Å². The van der Waals surface area contributed by atoms with E-state index in [-0.39, 0.29) is 29.5 Å². The summed E-state index contributed by atoms with van der Waals surface area (Å²) in [5.74, 6) is -1.71. The van der Waals surface area contributed by atoms with Crippen molar-refractivity contribution in [2.75, 3.05) is 13.7 Å². The van der Waals surface area contributed by atoms with Crippen LogP contribution in [0, 0.1) is 0 Å². The number of benzene rings is 3. The first kappa shape index (κ1) is 28.6. The number of carbonyl (C=O) groups excluding carboxylic acids is 3. The summed E-state index contributed by atoms with van der Waals surface area (Å²) in [4.78, 5) is 36.4. The highest BCUT2D eigenvalue weighted by atomic mass is 35.5. The number of sulfonamides is 1. The largest absolute Gasteiger partial charge is 0.508 e. The summed E-state index contributed by atoms with van der Waals surface area (Å²) in [6.45, 7) is -0.270. The zero-order valence-corrected chi connectivity index (χ0v) is 21.9. The lowest BCUT2D eigenvalue weighted by molar-refractivity contribution is -0.141. The lowest BCUT2D eigenvalue weighted by atomic mass is 10.1. The monoisotopic (exact) mass is 559 g/mol. The quantitative estimate of drug-likeness (QED) is 0.263. The van der Waals surface area contributed by atoms with E-state index in [4.69, 9.17) is 11.6 Å². The van der Waals surface area contributed by atoms with Gasteiger partial charge in [0, 0.05) is 17.1 Å². The number of phenolic OH excluding ortho intramolecular Hbond substituents is 1. The molecule has 38 heavy (non-hydrogen) atoms. The van der Waals surface area contributed by atoms with Crippen molar-refractivity contribution in [3.8, 4) is 5.75 Å². The average Bonchev–Trinajstić information content (AvgIpc) is 2.91. The number of methoxy groups -OCH3 is 1. The number of ether oxygens (including phenoxy) is 1. The Balaban J connectivity index is 1.69. The molecule has 0 aromatic heterocycles. The smallest absolute Gasteiger partial charge is 0.325 e. The second kappa shape index (κ2) is 13.0. The molecule has 3 rings (SSSR count). The van der Waals surface area contributed by atoms with E-state index >= 15 is 0 Å². The van der Waals surface area contributed by atoms with Crippen LogP contribution in [0.2, 0.25) is 5.02 Å². The summed E-state index contributed by atoms with van der Waals surface area (Å²) in [6.07, 6.45) is -0.0403. The third kappa shape index (κ3) is 8.30. The van der Waals surface area contributed by atoms with Gasteiger partial charge in [-0.3, -0.25) is 14.4 Å². The summed E-state index contributed by atoms with van der Waals surface area (Å²) in [6, 6.07) is 16.9. The fourth-order valence-corrected chi connectivity index (χ4v) is 4.66. The Hall–Kier alpha value is -3.93. The van der Waals surface area contributed by atoms with E-state index in [0.29, 0.717) is 21.7 Å². The number of aromatic hydroxyl groups is 1. The van der Waals surface area contributed by atoms with Crippen molar-refractivity contribution in [2.45, 2.75) is 23.9 Å². The van der Waals surface area contributed by atoms with Crippen LogP contribution < -0.4 is 15.4 Å². The third-order valence-corrected chi connectivity index (χ3v) is 7.16. The molecule has 12 heteroatoms. The Labute approximate surface area is 225 Å². The molecule has 0 bridgehead atoms. The SMILES string of the molecule is COC(=O)CNC(=O)C(Cc1ccc(O)cc1)NS(=O)(=O)c1ccc(CNC(=O)c2ccc(Cl)cc2)cc1. The van der Waals surface area contributed by atoms with E-state index in [1.165, 1.54) is 24.3 Å². The van der Waals surface area contributed by atoms with Gasteiger partial charge in [0.15, 0.2) is 0 Å². The van der Waals surface area contributed by atoms with Gasteiger partial charge in [-0.2, -0.15) is 4.72 Å². The molecule has 0 fully saturated rings. The van der Waals surface area contributed by atoms with Crippen LogP contribution in [0.5, 0.6) is 5.75 Å². The third-order valence-electron chi connectivity index (χ3n) is 5.42. The number of esters is 1. The average molecular weight is 560 g/mol. The fraction of sp³-hybridized carbons (Fsp3) is 0.192. The molecule has 3 aromatic rings. The highest BCUT2D eigenvalue weighted by Gasteiger charge is 2.26. The number of amides is 2. The molecule has 0 heterocycles. The molecule has 0 aliphatic rings. The predicted molar refractivity (Wildman–Crippen MR) is 140 cm³/mol. The number of phenols is 1. The molecule has 200 valence electrons. The molecule has 0 radical (unpaired) electrons. The van der Waals surface area contributed by atoms with Gasteiger partial charge in [-0.25, -0.2) is 8.42 Å². The summed E-state index contributed by atoms with van der Waals surface area (Å²) in [5.41, 5.74) is 1.67. The minimum atomic E-state index is -4.15. The lowest BCUT2D eigenvalue weighted by Crippen LogP contribution is -2.49. The summed E-state index contributed by atoms with van der Waals surface area (Å²) < 4.78 is 33.0. The number of hydrogen-bond donors (Lipinski definition) is 4. The first-order chi connectivity index (χ1) is 18.1. The van der Waals surface area contributed by atoms with Gasteiger partial charge >= 0.3 is 5.97 Å². The molecule has 0 saturated carbocycles. The van der Waals surface area contributed by atoms with Crippen LogP contribution in [-0.2, 0) is 37.3 Å². The van der Waals surface area contributed by atoms with Gasteiger partial charge in [0.05, 0.1) is 12.0 Å². The van der Waals surface area contributed by atoms with Gasteiger partial charge in [0.25, 0.3) is 5.91 Å². The van der Waals surface area contributed by atoms with Gasteiger partial charge in [-0.05, 0) is 66.1 Å². The summed E-state index contributed by atoms with van der Waals surface area (Å²) in [7, 11) is -2.98. The molecular weight excluding hydrogens is 534 g/mol. The first-order valence-electron chi connectivity index (χ1n) is 11.3. The fourth-order valence-electron chi connectivity index (χ4n) is 3.34. The Morgan fingerprint density at radius 3 is 2.11 bits per heavy atom. The second-order valence-electron chi connectivity index (χ2n) is 8.17. The van der Waals surface area contributed by atoms with Crippen LogP contribution in [0.1, 0.15) is 21.5 Å². The van der Waals surface area contributed by atoms with Crippen molar-refractivity contribution in [2.24, 2.45) is 0 Å². The van der Waals surface area contributed by atoms with Crippen molar-refractivity contribution in [3.63, 3.8) is 0 Å². The van der Waals surface area contributed by atoms with Crippen molar-refractivity contribution in [1.29, 1.82) is 0 Å². The number of carbonyl (C=O) groups is 3. The van der Waals surface area contributed by atoms with Crippen LogP contribution in [-0.4, -0.2) is 51.0 Å². The summed E-state index contributed by atoms with van der Waals surface area (Å²) >= 11 is 5.83. The minimum absolute atomic E-state index is 0.0190. The molecule has 1 unspecified atom stereocenters. The molecule has 3 aromatic carbocycles. The first-order valence-corrected chi connectivity index (χ1v) is 13.2. The molecule has 1 atom stereocenters. The van der Waals surface area contributed by atoms with E-state index in [0.717, 1.165) is 7.11 Å². The standard InChI is InChI=1S/C26H26ClN3O7S/c1-37-24(32)16-29-26(34)23(14-17-2-10-21(31)11-3-17)30-38(35,36)22-12-4-18(5-13-22)15-28-25(33)19-6-8-20(27)9-7-19/h2-13,23,30-31H,14-16H2,1H3,(H,28,33)(H,29,34). The molecule has 0 aliphatic carbocycles. The maximum Gasteiger partial charge on any atom is 0.325 e. The zero-order chi connectivity index (χ0) is 27.7. The van der Waals surface area contributed by atoms with Crippen LogP contribution in [0.15, 0.2) is 77.7 Å². The number of rotatable bonds is 11. The van der Waals surface area contributed by atoms with Crippen molar-refractivity contribution in [1.82, 2.24) is 15.4 Å². The van der Waals surface area contributed by atoms with E-state index in [2.05, 4.69) is 20.1 Å². The molecular formula is C26H26ClN3O7S. The van der Waals surface area contributed by atoms with Crippen molar-refractivity contribution < 1.29 is 32.6 Å². The topological polar surface area (TPSA) is 151 Å². The Bertz CT molecular complexity index is 1380. The molecule has 0 spiro atoms. The maximum atomic E-state index is 13.1. The highest BCUT2D eigenvalue weighted by molar-refractivity contribution is 7.89. The van der Waals surface area contributed by atoms with Crippen molar-refractivity contribution >= 4 is 39.4 Å². The normalized spacial score (nSPS) is 11.8. The number of hydrogen-bond acceptors (Lipinski definition) is 7. The van der Waals surface area contributed by atoms with Crippen LogP contribution in [0.3, 0.4) is 0 Å². The predicted octanol–water partition coefficient (Wildman–Crippen LogP) is 2.15. The van der Waals surface area contributed by atoms with E-state index in [1.54, 1.807) is 48.5 Å². The van der Waals surface area contributed by atoms with Crippen molar-refractivity contribution in [3.05, 3.63) is 94.5 Å². The minimum Gasteiger partial charge on any atom is -0.508 e. The Kier molecular flexibility index (Phi) is 9.83. The summed E-state index contributed by atoms with van der Waals surface area (Å²) in [5, 5.41) is 15.1. The molecule has 0 aliphatic heterocycles. The van der Waals surface area contributed by atoms with E-state index in [1.807, 2.05) is 0 Å². The molecule has 0 saturated heterocycles. The van der Waals surface area contributed by atoms with Crippen LogP contribution >= 0.6 is 11.6 Å². The number of nitrogens with one attached hydrogen (secondary N) is 3. The van der Waals surface area contributed by atoms with E-state index < -0.39 is 34.5 Å². The second-order valence-corrected chi connectivity index (χ2v) is 10.3. The highest BCUT2D eigenvalue weighted by Crippen LogP contribution is 2.15. The molecule has 4 N–H and O–H groups in total. The maximum absolute atomic E-state index is 13.1. The van der Waals surface area contributed by atoms with Gasteiger partial charge in [-0.15, -0.1) is 0 Å². The van der Waals surface area contributed by atoms with Crippen LogP contribution in [0.25, 0.3) is 0 Å². The zero-order valence-electron chi connectivity index (χ0n) is 20.3. The Morgan fingerprint density at radius 1 is 0.895 bits per heavy atom. The lowest BCUT2D eigenvalue weighted by Gasteiger charge is -2.19. The molecule has 2 amide bonds. The van der Waals surface area contributed by atoms with Crippen LogP contribution in [0.4, 0.5) is 0 Å². The number of halogens is 1. The van der Waals surface area contributed by atoms with E-state index in [9.17, 15) is 27.9 Å². The Morgan fingerprint density at radius 2 is 1.50 bits per heavy atom. The molecule has 10 nitrogen and oxygen atoms in total. The van der Waals surface area contributed by atoms with Gasteiger partial charge in [-0.1, -0.05) is 35.9 Å².